The monoisotopic (exact) mass is 412 g/mol. The molecule has 1 aromatic rings. The van der Waals surface area contributed by atoms with E-state index < -0.39 is 40.9 Å². The second kappa shape index (κ2) is 9.71. The molecule has 0 radical (unpaired) electrons. The van der Waals surface area contributed by atoms with E-state index in [-0.39, 0.29) is 18.0 Å². The lowest BCUT2D eigenvalue weighted by Gasteiger charge is -2.29. The molecule has 0 heterocycles. The molecule has 0 aliphatic heterocycles. The molecule has 1 aromatic carbocycles. The number of nitro benzene ring substituents is 1. The van der Waals surface area contributed by atoms with Gasteiger partial charge in [0, 0.05) is 12.1 Å². The Morgan fingerprint density at radius 1 is 1.07 bits per heavy atom. The summed E-state index contributed by atoms with van der Waals surface area (Å²) >= 11 is 0. The smallest absolute Gasteiger partial charge is 0.464 e. The first-order valence-electron chi connectivity index (χ1n) is 8.64. The van der Waals surface area contributed by atoms with Crippen molar-refractivity contribution >= 4 is 23.9 Å². The summed E-state index contributed by atoms with van der Waals surface area (Å²) < 4.78 is 19.8. The van der Waals surface area contributed by atoms with Crippen LogP contribution in [0.15, 0.2) is 24.3 Å². The Bertz CT molecular complexity index is 756. The van der Waals surface area contributed by atoms with Crippen molar-refractivity contribution in [3.8, 4) is 5.75 Å². The first-order valence-corrected chi connectivity index (χ1v) is 8.64. The molecule has 11 nitrogen and oxygen atoms in total. The average molecular weight is 412 g/mol. The fourth-order valence-electron chi connectivity index (χ4n) is 1.93. The Labute approximate surface area is 167 Å². The van der Waals surface area contributed by atoms with Gasteiger partial charge in [-0.2, -0.15) is 0 Å². The van der Waals surface area contributed by atoms with Crippen LogP contribution >= 0.6 is 0 Å². The summed E-state index contributed by atoms with van der Waals surface area (Å²) in [5.41, 5.74) is -2.72. The first kappa shape index (κ1) is 23.7. The molecule has 0 unspecified atom stereocenters. The molecule has 0 aromatic heterocycles. The Morgan fingerprint density at radius 2 is 1.66 bits per heavy atom. The number of carbonyl (C=O) groups is 3. The maximum Gasteiger partial charge on any atom is 0.513 e. The molecule has 0 aliphatic rings. The van der Waals surface area contributed by atoms with Gasteiger partial charge in [-0.25, -0.2) is 14.4 Å². The van der Waals surface area contributed by atoms with Crippen molar-refractivity contribution in [3.63, 3.8) is 0 Å². The van der Waals surface area contributed by atoms with Crippen LogP contribution in [-0.2, 0) is 19.0 Å². The largest absolute Gasteiger partial charge is 0.513 e. The zero-order valence-electron chi connectivity index (χ0n) is 16.8. The van der Waals surface area contributed by atoms with Crippen LogP contribution < -0.4 is 10.1 Å². The molecule has 0 saturated heterocycles. The highest BCUT2D eigenvalue weighted by molar-refractivity contribution is 5.86. The second-order valence-electron chi connectivity index (χ2n) is 7.07. The molecule has 29 heavy (non-hydrogen) atoms. The van der Waals surface area contributed by atoms with Crippen LogP contribution in [-0.4, -0.2) is 47.5 Å². The van der Waals surface area contributed by atoms with Crippen LogP contribution in [0.2, 0.25) is 0 Å². The van der Waals surface area contributed by atoms with E-state index in [1.165, 1.54) is 19.1 Å². The lowest BCUT2D eigenvalue weighted by molar-refractivity contribution is -0.384. The molecule has 0 saturated carbocycles. The zero-order valence-corrected chi connectivity index (χ0v) is 16.8. The molecule has 1 rings (SSSR count). The number of hydrogen-bond donors (Lipinski definition) is 1. The molecule has 160 valence electrons. The summed E-state index contributed by atoms with van der Waals surface area (Å²) in [5, 5.41) is 13.0. The molecule has 1 N–H and O–H groups in total. The summed E-state index contributed by atoms with van der Waals surface area (Å²) in [4.78, 5) is 46.2. The lowest BCUT2D eigenvalue weighted by Crippen LogP contribution is -2.57. The van der Waals surface area contributed by atoms with Gasteiger partial charge in [-0.05, 0) is 46.8 Å². The van der Waals surface area contributed by atoms with Crippen LogP contribution in [0, 0.1) is 10.1 Å². The van der Waals surface area contributed by atoms with Crippen molar-refractivity contribution in [2.24, 2.45) is 0 Å². The van der Waals surface area contributed by atoms with Gasteiger partial charge in [-0.3, -0.25) is 10.1 Å². The number of ether oxygens (including phenoxy) is 4. The fraction of sp³-hybridized carbons (Fsp3) is 0.500. The van der Waals surface area contributed by atoms with Gasteiger partial charge < -0.3 is 24.3 Å². The van der Waals surface area contributed by atoms with E-state index >= 15 is 0 Å². The van der Waals surface area contributed by atoms with Gasteiger partial charge in [0.05, 0.1) is 11.5 Å². The average Bonchev–Trinajstić information content (AvgIpc) is 2.59. The number of hydrogen-bond acceptors (Lipinski definition) is 9. The van der Waals surface area contributed by atoms with Crippen LogP contribution in [0.25, 0.3) is 0 Å². The Kier molecular flexibility index (Phi) is 7.93. The fourth-order valence-corrected chi connectivity index (χ4v) is 1.93. The number of nitro groups is 1. The summed E-state index contributed by atoms with van der Waals surface area (Å²) in [6.45, 7) is 7.25. The third kappa shape index (κ3) is 8.03. The highest BCUT2D eigenvalue weighted by Crippen LogP contribution is 2.18. The number of amides is 1. The van der Waals surface area contributed by atoms with E-state index in [0.29, 0.717) is 0 Å². The maximum atomic E-state index is 12.2. The van der Waals surface area contributed by atoms with Gasteiger partial charge in [-0.15, -0.1) is 0 Å². The third-order valence-electron chi connectivity index (χ3n) is 3.23. The molecule has 11 heteroatoms. The number of nitrogens with zero attached hydrogens (tertiary/aromatic N) is 1. The Morgan fingerprint density at radius 3 is 2.14 bits per heavy atom. The predicted octanol–water partition coefficient (Wildman–Crippen LogP) is 2.96. The quantitative estimate of drug-likeness (QED) is 0.235. The molecule has 1 atom stereocenters. The van der Waals surface area contributed by atoms with Crippen LogP contribution in [0.3, 0.4) is 0 Å². The summed E-state index contributed by atoms with van der Waals surface area (Å²) in [7, 11) is 0. The van der Waals surface area contributed by atoms with Gasteiger partial charge in [-0.1, -0.05) is 0 Å². The predicted molar refractivity (Wildman–Crippen MR) is 99.5 cm³/mol. The second-order valence-corrected chi connectivity index (χ2v) is 7.07. The minimum absolute atomic E-state index is 0.00135. The van der Waals surface area contributed by atoms with Crippen molar-refractivity contribution in [1.82, 2.24) is 5.32 Å². The number of alkyl carbamates (subject to hydrolysis) is 1. The molecular weight excluding hydrogens is 388 g/mol. The molecule has 0 fully saturated rings. The van der Waals surface area contributed by atoms with Gasteiger partial charge in [0.25, 0.3) is 5.69 Å². The highest BCUT2D eigenvalue weighted by Gasteiger charge is 2.40. The molecule has 0 spiro atoms. The zero-order chi connectivity index (χ0) is 22.2. The molecule has 0 bridgehead atoms. The van der Waals surface area contributed by atoms with Gasteiger partial charge in [0.15, 0.2) is 5.54 Å². The van der Waals surface area contributed by atoms with E-state index in [1.54, 1.807) is 27.7 Å². The number of esters is 1. The number of nitrogens with one attached hydrogen (secondary N) is 1. The van der Waals surface area contributed by atoms with E-state index in [9.17, 15) is 24.5 Å². The van der Waals surface area contributed by atoms with Gasteiger partial charge in [0.2, 0.25) is 0 Å². The third-order valence-corrected chi connectivity index (χ3v) is 3.23. The summed E-state index contributed by atoms with van der Waals surface area (Å²) in [6, 6.07) is 4.72. The number of non-ortho nitro benzene ring substituents is 1. The first-order chi connectivity index (χ1) is 13.4. The van der Waals surface area contributed by atoms with E-state index in [0.717, 1.165) is 12.1 Å². The van der Waals surface area contributed by atoms with Crippen molar-refractivity contribution in [3.05, 3.63) is 34.4 Å². The van der Waals surface area contributed by atoms with Crippen LogP contribution in [0.5, 0.6) is 5.75 Å². The van der Waals surface area contributed by atoms with Crippen LogP contribution in [0.4, 0.5) is 15.3 Å². The Balaban J connectivity index is 2.77. The molecule has 1 amide bonds. The van der Waals surface area contributed by atoms with Crippen LogP contribution in [0.1, 0.15) is 34.6 Å². The normalized spacial score (nSPS) is 12.9. The van der Waals surface area contributed by atoms with Gasteiger partial charge >= 0.3 is 18.2 Å². The van der Waals surface area contributed by atoms with Gasteiger partial charge in [0.1, 0.15) is 18.0 Å². The van der Waals surface area contributed by atoms with E-state index in [2.05, 4.69) is 5.32 Å². The minimum atomic E-state index is -1.73. The summed E-state index contributed by atoms with van der Waals surface area (Å²) in [5.74, 6) is -0.840. The van der Waals surface area contributed by atoms with Crippen molar-refractivity contribution < 1.29 is 38.3 Å². The minimum Gasteiger partial charge on any atom is -0.464 e. The highest BCUT2D eigenvalue weighted by atomic mass is 16.7. The standard InChI is InChI=1S/C18H24N2O9/c1-6-26-14(21)18(5,19-15(22)29-17(2,3)4)11-27-16(23)28-13-9-7-12(8-10-13)20(24)25/h7-10H,6,11H2,1-5H3,(H,19,22)/t18-/m0/s1. The summed E-state index contributed by atoms with van der Waals surface area (Å²) in [6.07, 6.45) is -2.08. The van der Waals surface area contributed by atoms with E-state index in [1.807, 2.05) is 0 Å². The molecular formula is C18H24N2O9. The lowest BCUT2D eigenvalue weighted by atomic mass is 10.0. The number of benzene rings is 1. The maximum absolute atomic E-state index is 12.2. The van der Waals surface area contributed by atoms with Crippen molar-refractivity contribution in [2.45, 2.75) is 45.8 Å². The van der Waals surface area contributed by atoms with E-state index in [4.69, 9.17) is 18.9 Å². The van der Waals surface area contributed by atoms with Crippen molar-refractivity contribution in [1.29, 1.82) is 0 Å². The number of rotatable bonds is 7. The topological polar surface area (TPSA) is 143 Å². The molecule has 0 aliphatic carbocycles. The Hall–Kier alpha value is -3.37. The van der Waals surface area contributed by atoms with Crippen molar-refractivity contribution in [2.75, 3.05) is 13.2 Å². The SMILES string of the molecule is CCOC(=O)[C@](C)(COC(=O)Oc1ccc([N+](=O)[O-])cc1)NC(=O)OC(C)(C)C. The number of carbonyl (C=O) groups excluding carboxylic acids is 3.